The Morgan fingerprint density at radius 3 is 2.72 bits per heavy atom. The van der Waals surface area contributed by atoms with E-state index in [4.69, 9.17) is 0 Å². The molecule has 0 spiro atoms. The SMILES string of the molecule is C=C(CC(C)(C)C)Nc1cncc(-c2cnc3n[nH]c(-c4cc5cccnc5[nH]4)c3c2)c1. The molecule has 0 saturated carbocycles. The number of H-pyrrole nitrogens is 2. The van der Waals surface area contributed by atoms with E-state index in [2.05, 4.69) is 81.0 Å². The molecule has 0 aliphatic carbocycles. The summed E-state index contributed by atoms with van der Waals surface area (Å²) >= 11 is 0. The minimum Gasteiger partial charge on any atom is -0.358 e. The molecule has 0 radical (unpaired) electrons. The van der Waals surface area contributed by atoms with Gasteiger partial charge < -0.3 is 10.3 Å². The predicted octanol–water partition coefficient (Wildman–Crippen LogP) is 5.93. The van der Waals surface area contributed by atoms with Crippen LogP contribution in [0.4, 0.5) is 5.69 Å². The molecule has 0 aliphatic rings. The first-order valence-corrected chi connectivity index (χ1v) is 10.5. The van der Waals surface area contributed by atoms with E-state index in [9.17, 15) is 0 Å². The summed E-state index contributed by atoms with van der Waals surface area (Å²) in [5.74, 6) is 0. The van der Waals surface area contributed by atoms with Crippen molar-refractivity contribution in [1.82, 2.24) is 30.1 Å². The molecule has 7 nitrogen and oxygen atoms in total. The number of hydrogen-bond acceptors (Lipinski definition) is 5. The molecule has 0 atom stereocenters. The Balaban J connectivity index is 1.49. The fraction of sp³-hybridized carbons (Fsp3) is 0.200. The number of nitrogens with one attached hydrogen (secondary N) is 3. The van der Waals surface area contributed by atoms with Crippen LogP contribution in [-0.4, -0.2) is 30.1 Å². The number of aromatic amines is 2. The summed E-state index contributed by atoms with van der Waals surface area (Å²) in [6.45, 7) is 10.7. The van der Waals surface area contributed by atoms with E-state index in [1.165, 1.54) is 0 Å². The number of nitrogens with zero attached hydrogens (tertiary/aromatic N) is 4. The zero-order chi connectivity index (χ0) is 22.3. The topological polar surface area (TPSA) is 95.2 Å². The molecule has 32 heavy (non-hydrogen) atoms. The summed E-state index contributed by atoms with van der Waals surface area (Å²) in [5.41, 5.74) is 7.29. The van der Waals surface area contributed by atoms with Gasteiger partial charge in [-0.15, -0.1) is 0 Å². The fourth-order valence-corrected chi connectivity index (χ4v) is 3.91. The largest absolute Gasteiger partial charge is 0.358 e. The molecule has 0 fully saturated rings. The van der Waals surface area contributed by atoms with Crippen LogP contribution in [0.5, 0.6) is 0 Å². The van der Waals surface area contributed by atoms with Crippen LogP contribution in [0.1, 0.15) is 27.2 Å². The van der Waals surface area contributed by atoms with E-state index < -0.39 is 0 Å². The second-order valence-electron chi connectivity index (χ2n) is 9.25. The van der Waals surface area contributed by atoms with Crippen LogP contribution in [0.3, 0.4) is 0 Å². The molecule has 0 bridgehead atoms. The monoisotopic (exact) mass is 423 g/mol. The van der Waals surface area contributed by atoms with Gasteiger partial charge in [0.05, 0.1) is 23.3 Å². The third-order valence-corrected chi connectivity index (χ3v) is 5.21. The van der Waals surface area contributed by atoms with Gasteiger partial charge >= 0.3 is 0 Å². The highest BCUT2D eigenvalue weighted by molar-refractivity contribution is 5.95. The van der Waals surface area contributed by atoms with Gasteiger partial charge in [0, 0.05) is 46.2 Å². The standard InChI is InChI=1S/C25H25N7/c1-15(11-25(2,3)4)29-19-8-17(12-26-14-19)18-9-20-22(31-32-24(20)28-13-18)21-10-16-6-5-7-27-23(16)30-21/h5-10,12-14,29H,1,11H2,2-4H3,(H,27,30)(H,28,31,32). The zero-order valence-corrected chi connectivity index (χ0v) is 18.4. The number of allylic oxidation sites excluding steroid dienone is 1. The highest BCUT2D eigenvalue weighted by atomic mass is 15.2. The lowest BCUT2D eigenvalue weighted by molar-refractivity contribution is 0.411. The maximum atomic E-state index is 4.56. The first-order valence-electron chi connectivity index (χ1n) is 10.5. The van der Waals surface area contributed by atoms with Crippen molar-refractivity contribution in [2.45, 2.75) is 27.2 Å². The number of rotatable bonds is 5. The maximum Gasteiger partial charge on any atom is 0.181 e. The molecule has 0 saturated heterocycles. The molecule has 5 heterocycles. The Morgan fingerprint density at radius 2 is 1.91 bits per heavy atom. The number of hydrogen-bond donors (Lipinski definition) is 3. The van der Waals surface area contributed by atoms with E-state index in [1.807, 2.05) is 30.7 Å². The van der Waals surface area contributed by atoms with Crippen LogP contribution in [0.25, 0.3) is 44.6 Å². The van der Waals surface area contributed by atoms with Crippen molar-refractivity contribution in [3.63, 3.8) is 0 Å². The normalized spacial score (nSPS) is 11.8. The summed E-state index contributed by atoms with van der Waals surface area (Å²) in [4.78, 5) is 16.7. The van der Waals surface area contributed by atoms with Crippen LogP contribution in [0.2, 0.25) is 0 Å². The van der Waals surface area contributed by atoms with Gasteiger partial charge in [0.15, 0.2) is 5.65 Å². The van der Waals surface area contributed by atoms with Crippen molar-refractivity contribution in [2.75, 3.05) is 5.32 Å². The van der Waals surface area contributed by atoms with Gasteiger partial charge in [-0.3, -0.25) is 10.1 Å². The maximum absolute atomic E-state index is 4.56. The summed E-state index contributed by atoms with van der Waals surface area (Å²) in [6.07, 6.45) is 8.13. The van der Waals surface area contributed by atoms with Crippen LogP contribution >= 0.6 is 0 Å². The van der Waals surface area contributed by atoms with Gasteiger partial charge in [0.25, 0.3) is 0 Å². The molecule has 5 aromatic heterocycles. The lowest BCUT2D eigenvalue weighted by atomic mass is 9.91. The first-order chi connectivity index (χ1) is 15.4. The van der Waals surface area contributed by atoms with Gasteiger partial charge in [0.1, 0.15) is 5.65 Å². The summed E-state index contributed by atoms with van der Waals surface area (Å²) < 4.78 is 0. The van der Waals surface area contributed by atoms with Crippen molar-refractivity contribution in [1.29, 1.82) is 0 Å². The van der Waals surface area contributed by atoms with Gasteiger partial charge in [-0.05, 0) is 42.2 Å². The fourth-order valence-electron chi connectivity index (χ4n) is 3.91. The third-order valence-electron chi connectivity index (χ3n) is 5.21. The van der Waals surface area contributed by atoms with E-state index >= 15 is 0 Å². The highest BCUT2D eigenvalue weighted by Crippen LogP contribution is 2.31. The second kappa shape index (κ2) is 7.60. The van der Waals surface area contributed by atoms with Crippen molar-refractivity contribution >= 4 is 27.8 Å². The number of aromatic nitrogens is 6. The Hall–Kier alpha value is -4.00. The Bertz CT molecular complexity index is 1400. The van der Waals surface area contributed by atoms with Crippen molar-refractivity contribution in [3.8, 4) is 22.5 Å². The molecule has 7 heteroatoms. The molecule has 0 aliphatic heterocycles. The molecule has 160 valence electrons. The third kappa shape index (κ3) is 3.97. The summed E-state index contributed by atoms with van der Waals surface area (Å²) in [7, 11) is 0. The molecule has 0 amide bonds. The smallest absolute Gasteiger partial charge is 0.181 e. The highest BCUT2D eigenvalue weighted by Gasteiger charge is 2.14. The summed E-state index contributed by atoms with van der Waals surface area (Å²) in [5, 5.41) is 12.9. The van der Waals surface area contributed by atoms with Gasteiger partial charge in [-0.2, -0.15) is 5.10 Å². The summed E-state index contributed by atoms with van der Waals surface area (Å²) in [6, 6.07) is 10.2. The number of pyridine rings is 3. The Kier molecular flexibility index (Phi) is 4.74. The van der Waals surface area contributed by atoms with E-state index in [1.54, 1.807) is 6.20 Å². The predicted molar refractivity (Wildman–Crippen MR) is 129 cm³/mol. The van der Waals surface area contributed by atoms with Crippen LogP contribution in [-0.2, 0) is 0 Å². The van der Waals surface area contributed by atoms with Crippen LogP contribution in [0, 0.1) is 5.41 Å². The minimum absolute atomic E-state index is 0.167. The molecular weight excluding hydrogens is 398 g/mol. The zero-order valence-electron chi connectivity index (χ0n) is 18.4. The van der Waals surface area contributed by atoms with Gasteiger partial charge in [0.2, 0.25) is 0 Å². The Morgan fingerprint density at radius 1 is 1.06 bits per heavy atom. The van der Waals surface area contributed by atoms with Crippen molar-refractivity contribution in [2.24, 2.45) is 5.41 Å². The van der Waals surface area contributed by atoms with Crippen LogP contribution in [0.15, 0.2) is 67.4 Å². The lowest BCUT2D eigenvalue weighted by Gasteiger charge is -2.20. The molecule has 5 rings (SSSR count). The molecule has 5 aromatic rings. The van der Waals surface area contributed by atoms with E-state index in [-0.39, 0.29) is 5.41 Å². The van der Waals surface area contributed by atoms with E-state index in [0.717, 1.165) is 56.7 Å². The Labute approximate surface area is 186 Å². The molecule has 0 aromatic carbocycles. The molecule has 0 unspecified atom stereocenters. The lowest BCUT2D eigenvalue weighted by Crippen LogP contribution is -2.10. The van der Waals surface area contributed by atoms with E-state index in [0.29, 0.717) is 5.65 Å². The quantitative estimate of drug-likeness (QED) is 0.326. The average molecular weight is 424 g/mol. The van der Waals surface area contributed by atoms with Crippen molar-refractivity contribution < 1.29 is 0 Å². The number of fused-ring (bicyclic) bond motifs is 2. The van der Waals surface area contributed by atoms with Gasteiger partial charge in [-0.25, -0.2) is 9.97 Å². The number of anilines is 1. The molecular formula is C25H25N7. The van der Waals surface area contributed by atoms with Gasteiger partial charge in [-0.1, -0.05) is 27.4 Å². The van der Waals surface area contributed by atoms with Crippen LogP contribution < -0.4 is 5.32 Å². The van der Waals surface area contributed by atoms with Crippen molar-refractivity contribution in [3.05, 3.63) is 67.4 Å². The first kappa shape index (κ1) is 19.9. The average Bonchev–Trinajstić information content (AvgIpc) is 3.35. The second-order valence-corrected chi connectivity index (χ2v) is 9.25. The minimum atomic E-state index is 0.167. The molecule has 3 N–H and O–H groups in total.